The predicted octanol–water partition coefficient (Wildman–Crippen LogP) is 4.82. The van der Waals surface area contributed by atoms with Gasteiger partial charge in [0.05, 0.1) is 36.3 Å². The molecule has 230 valence electrons. The molecular weight excluding hydrogens is 587 g/mol. The minimum atomic E-state index is -4.47. The number of carbonyl (C=O) groups is 1. The second kappa shape index (κ2) is 12.1. The standard InChI is InChI=1S/C29H32F3N5O5S/c1-19-18-42-15-13-37(19)25-17-24(28(11-12-28)43(40,41)16-2-14-38)35-26(36-25)20-3-7-22(8-4-20)33-27(39)34-23-9-5-21(6-10-23)29(30,31)32/h3-10,17,19,38H,2,11-16,18H2,1H3,(H2,33,34,39)/t19-/m0/s1. The number of aromatic nitrogens is 2. The lowest BCUT2D eigenvalue weighted by Crippen LogP contribution is -2.44. The summed E-state index contributed by atoms with van der Waals surface area (Å²) in [5, 5.41) is 14.4. The van der Waals surface area contributed by atoms with Crippen molar-refractivity contribution in [3.63, 3.8) is 0 Å². The predicted molar refractivity (Wildman–Crippen MR) is 156 cm³/mol. The lowest BCUT2D eigenvalue weighted by molar-refractivity contribution is -0.137. The molecule has 1 atom stereocenters. The van der Waals surface area contributed by atoms with Crippen molar-refractivity contribution < 1.29 is 36.2 Å². The molecule has 3 aromatic rings. The number of urea groups is 1. The highest BCUT2D eigenvalue weighted by molar-refractivity contribution is 7.92. The second-order valence-corrected chi connectivity index (χ2v) is 13.1. The van der Waals surface area contributed by atoms with Crippen molar-refractivity contribution >= 4 is 33.1 Å². The van der Waals surface area contributed by atoms with Gasteiger partial charge in [-0.2, -0.15) is 13.2 Å². The molecule has 0 unspecified atom stereocenters. The first-order chi connectivity index (χ1) is 20.4. The van der Waals surface area contributed by atoms with E-state index >= 15 is 0 Å². The minimum Gasteiger partial charge on any atom is -0.396 e. The smallest absolute Gasteiger partial charge is 0.396 e. The molecule has 10 nitrogen and oxygen atoms in total. The number of halogens is 3. The van der Waals surface area contributed by atoms with E-state index in [1.165, 1.54) is 12.1 Å². The van der Waals surface area contributed by atoms with Crippen LogP contribution < -0.4 is 15.5 Å². The third-order valence-corrected chi connectivity index (χ3v) is 10.2. The van der Waals surface area contributed by atoms with Crippen LogP contribution in [0.5, 0.6) is 0 Å². The molecule has 5 rings (SSSR count). The van der Waals surface area contributed by atoms with Crippen LogP contribution in [-0.4, -0.2) is 67.7 Å². The van der Waals surface area contributed by atoms with E-state index in [1.807, 2.05) is 6.92 Å². The highest BCUT2D eigenvalue weighted by atomic mass is 32.2. The number of ether oxygens (including phenoxy) is 1. The maximum atomic E-state index is 13.3. The van der Waals surface area contributed by atoms with Crippen LogP contribution >= 0.6 is 0 Å². The average Bonchev–Trinajstić information content (AvgIpc) is 3.79. The summed E-state index contributed by atoms with van der Waals surface area (Å²) in [4.78, 5) is 24.0. The van der Waals surface area contributed by atoms with E-state index in [4.69, 9.17) is 14.7 Å². The Morgan fingerprint density at radius 2 is 1.70 bits per heavy atom. The van der Waals surface area contributed by atoms with Gasteiger partial charge in [-0.1, -0.05) is 0 Å². The third-order valence-electron chi connectivity index (χ3n) is 7.58. The number of morpholine rings is 1. The number of benzene rings is 2. The van der Waals surface area contributed by atoms with Crippen LogP contribution in [-0.2, 0) is 25.5 Å². The molecule has 2 fully saturated rings. The van der Waals surface area contributed by atoms with Crippen LogP contribution in [0.3, 0.4) is 0 Å². The molecule has 1 aromatic heterocycles. The molecule has 2 aromatic carbocycles. The molecule has 0 radical (unpaired) electrons. The Balaban J connectivity index is 1.38. The Hall–Kier alpha value is -3.75. The Morgan fingerprint density at radius 3 is 2.26 bits per heavy atom. The van der Waals surface area contributed by atoms with Crippen molar-refractivity contribution in [3.05, 3.63) is 65.9 Å². The second-order valence-electron chi connectivity index (χ2n) is 10.7. The van der Waals surface area contributed by atoms with Gasteiger partial charge in [0.25, 0.3) is 0 Å². The Labute approximate surface area is 247 Å². The number of alkyl halides is 3. The zero-order valence-corrected chi connectivity index (χ0v) is 24.2. The fraction of sp³-hybridized carbons (Fsp3) is 0.414. The zero-order chi connectivity index (χ0) is 30.8. The molecule has 2 aliphatic rings. The van der Waals surface area contributed by atoms with Crippen molar-refractivity contribution in [1.29, 1.82) is 0 Å². The summed E-state index contributed by atoms with van der Waals surface area (Å²) < 4.78 is 69.4. The van der Waals surface area contributed by atoms with Crippen LogP contribution in [0.15, 0.2) is 54.6 Å². The quantitative estimate of drug-likeness (QED) is 0.311. The summed E-state index contributed by atoms with van der Waals surface area (Å²) in [5.74, 6) is 0.786. The highest BCUT2D eigenvalue weighted by Crippen LogP contribution is 2.53. The lowest BCUT2D eigenvalue weighted by Gasteiger charge is -2.34. The van der Waals surface area contributed by atoms with Crippen molar-refractivity contribution in [2.75, 3.05) is 47.7 Å². The number of nitrogens with zero attached hydrogens (tertiary/aromatic N) is 3. The number of hydrogen-bond donors (Lipinski definition) is 3. The van der Waals surface area contributed by atoms with Gasteiger partial charge in [-0.15, -0.1) is 0 Å². The van der Waals surface area contributed by atoms with Gasteiger partial charge in [-0.25, -0.2) is 23.2 Å². The number of anilines is 3. The van der Waals surface area contributed by atoms with Crippen molar-refractivity contribution in [1.82, 2.24) is 9.97 Å². The van der Waals surface area contributed by atoms with Gasteiger partial charge in [0, 0.05) is 36.2 Å². The molecule has 14 heteroatoms. The van der Waals surface area contributed by atoms with E-state index in [2.05, 4.69) is 15.5 Å². The molecule has 1 aliphatic carbocycles. The molecule has 2 amide bonds. The molecule has 1 saturated carbocycles. The molecule has 3 N–H and O–H groups in total. The van der Waals surface area contributed by atoms with Crippen LogP contribution in [0, 0.1) is 0 Å². The van der Waals surface area contributed by atoms with Gasteiger partial charge >= 0.3 is 12.2 Å². The number of amides is 2. The molecule has 0 bridgehead atoms. The lowest BCUT2D eigenvalue weighted by atomic mass is 10.1. The van der Waals surface area contributed by atoms with Gasteiger partial charge in [0.2, 0.25) is 0 Å². The first-order valence-corrected chi connectivity index (χ1v) is 15.5. The summed E-state index contributed by atoms with van der Waals surface area (Å²) in [5.41, 5.74) is 0.808. The number of carbonyl (C=O) groups excluding carboxylic acids is 1. The molecule has 2 heterocycles. The highest BCUT2D eigenvalue weighted by Gasteiger charge is 2.56. The first kappa shape index (κ1) is 30.7. The Bertz CT molecular complexity index is 1560. The van der Waals surface area contributed by atoms with Crippen LogP contribution in [0.2, 0.25) is 0 Å². The van der Waals surface area contributed by atoms with E-state index in [9.17, 15) is 31.5 Å². The van der Waals surface area contributed by atoms with Crippen LogP contribution in [0.25, 0.3) is 11.4 Å². The number of nitrogens with one attached hydrogen (secondary N) is 2. The van der Waals surface area contributed by atoms with Gasteiger partial charge in [-0.05, 0) is 74.7 Å². The Kier molecular flexibility index (Phi) is 8.63. The van der Waals surface area contributed by atoms with E-state index in [1.54, 1.807) is 30.3 Å². The topological polar surface area (TPSA) is 134 Å². The summed E-state index contributed by atoms with van der Waals surface area (Å²) >= 11 is 0. The largest absolute Gasteiger partial charge is 0.416 e. The van der Waals surface area contributed by atoms with Gasteiger partial charge in [0.15, 0.2) is 15.7 Å². The van der Waals surface area contributed by atoms with Crippen molar-refractivity contribution in [2.24, 2.45) is 0 Å². The number of aliphatic hydroxyl groups excluding tert-OH is 1. The normalized spacial score (nSPS) is 18.3. The summed E-state index contributed by atoms with van der Waals surface area (Å²) in [6, 6.07) is 11.9. The van der Waals surface area contributed by atoms with E-state index in [-0.39, 0.29) is 30.5 Å². The van der Waals surface area contributed by atoms with Crippen LogP contribution in [0.4, 0.5) is 35.2 Å². The fourth-order valence-corrected chi connectivity index (χ4v) is 7.09. The molecule has 1 saturated heterocycles. The number of hydrogen-bond acceptors (Lipinski definition) is 8. The number of rotatable bonds is 9. The molecule has 43 heavy (non-hydrogen) atoms. The summed E-state index contributed by atoms with van der Waals surface area (Å²) in [6.07, 6.45) is -3.45. The summed E-state index contributed by atoms with van der Waals surface area (Å²) in [6.45, 7) is 3.38. The van der Waals surface area contributed by atoms with Gasteiger partial charge in [-0.3, -0.25) is 0 Å². The maximum Gasteiger partial charge on any atom is 0.416 e. The fourth-order valence-electron chi connectivity index (χ4n) is 5.04. The van der Waals surface area contributed by atoms with Crippen LogP contribution in [0.1, 0.15) is 37.4 Å². The third kappa shape index (κ3) is 6.76. The SMILES string of the molecule is C[C@H]1COCCN1c1cc(C2(S(=O)(=O)CCCO)CC2)nc(-c2ccc(NC(=O)Nc3ccc(C(F)(F)F)cc3)cc2)n1. The first-order valence-electron chi connectivity index (χ1n) is 13.8. The molecular formula is C29H32F3N5O5S. The van der Waals surface area contributed by atoms with E-state index in [0.717, 1.165) is 12.1 Å². The molecule has 1 aliphatic heterocycles. The molecule has 0 spiro atoms. The van der Waals surface area contributed by atoms with E-state index < -0.39 is 32.4 Å². The zero-order valence-electron chi connectivity index (χ0n) is 23.4. The minimum absolute atomic E-state index is 0.0141. The van der Waals surface area contributed by atoms with E-state index in [0.29, 0.717) is 61.2 Å². The monoisotopic (exact) mass is 619 g/mol. The van der Waals surface area contributed by atoms with Gasteiger partial charge in [0.1, 0.15) is 10.6 Å². The van der Waals surface area contributed by atoms with Crippen molar-refractivity contribution in [2.45, 2.75) is 43.2 Å². The van der Waals surface area contributed by atoms with Gasteiger partial charge < -0.3 is 25.4 Å². The average molecular weight is 620 g/mol. The Morgan fingerprint density at radius 1 is 1.07 bits per heavy atom. The maximum absolute atomic E-state index is 13.3. The summed E-state index contributed by atoms with van der Waals surface area (Å²) in [7, 11) is -3.58. The number of sulfone groups is 1. The number of aliphatic hydroxyl groups is 1. The van der Waals surface area contributed by atoms with Crippen molar-refractivity contribution in [3.8, 4) is 11.4 Å².